The smallest absolute Gasteiger partial charge is 0.187 e. The minimum Gasteiger partial charge on any atom is -0.394 e. The standard InChI is InChI=1S/C18H32O16/c19-1-4-7(21)10(24)12(26)17(32-4)30-3-6-9(23)15(14(28)16(29)31-6)34-18-13(27)11(25)8(22)5(2-20)33-18/h4-29H,1-3H2/t4-,5-,6-,7-,8-,9-,10+,11+,12+,13-,14+,15+,16?,17+,18+/m1/s1. The van der Waals surface area contributed by atoms with E-state index in [1.807, 2.05) is 0 Å². The number of rotatable bonds is 7. The van der Waals surface area contributed by atoms with Crippen molar-refractivity contribution in [3.63, 3.8) is 0 Å². The number of aliphatic hydroxyl groups excluding tert-OH is 11. The van der Waals surface area contributed by atoms with Crippen molar-refractivity contribution in [3.8, 4) is 0 Å². The molecule has 0 aliphatic carbocycles. The average molecular weight is 504 g/mol. The van der Waals surface area contributed by atoms with Crippen LogP contribution in [0, 0.1) is 0 Å². The summed E-state index contributed by atoms with van der Waals surface area (Å²) in [4.78, 5) is 0. The highest BCUT2D eigenvalue weighted by atomic mass is 16.7. The predicted molar refractivity (Wildman–Crippen MR) is 101 cm³/mol. The summed E-state index contributed by atoms with van der Waals surface area (Å²) in [5, 5.41) is 109. The SMILES string of the molecule is OC[C@H]1O[C@H](OC[C@H]2OC(O)[C@@H](O)[C@@H](O[C@@H]3O[C@H](CO)[C@@H](O)[C@H](O)[C@H]3O)[C@@H]2O)[C@@H](O)[C@@H](O)[C@@H]1O. The van der Waals surface area contributed by atoms with Crippen molar-refractivity contribution < 1.29 is 79.9 Å². The first-order valence-corrected chi connectivity index (χ1v) is 10.6. The van der Waals surface area contributed by atoms with E-state index in [0.717, 1.165) is 0 Å². The van der Waals surface area contributed by atoms with Crippen LogP contribution in [0.4, 0.5) is 0 Å². The maximum absolute atomic E-state index is 10.6. The van der Waals surface area contributed by atoms with E-state index in [1.54, 1.807) is 0 Å². The number of hydrogen-bond donors (Lipinski definition) is 11. The van der Waals surface area contributed by atoms with Crippen molar-refractivity contribution in [2.75, 3.05) is 19.8 Å². The Bertz CT molecular complexity index is 637. The summed E-state index contributed by atoms with van der Waals surface area (Å²) >= 11 is 0. The molecule has 3 fully saturated rings. The van der Waals surface area contributed by atoms with Crippen molar-refractivity contribution in [2.24, 2.45) is 0 Å². The first-order valence-electron chi connectivity index (χ1n) is 10.6. The number of hydrogen-bond acceptors (Lipinski definition) is 16. The molecule has 1 unspecified atom stereocenters. The first kappa shape index (κ1) is 27.9. The zero-order valence-corrected chi connectivity index (χ0v) is 17.7. The van der Waals surface area contributed by atoms with Gasteiger partial charge in [-0.2, -0.15) is 0 Å². The lowest BCUT2D eigenvalue weighted by atomic mass is 9.97. The number of ether oxygens (including phenoxy) is 5. The fourth-order valence-corrected chi connectivity index (χ4v) is 3.94. The molecule has 11 N–H and O–H groups in total. The summed E-state index contributed by atoms with van der Waals surface area (Å²) in [6, 6.07) is 0. The molecule has 3 aliphatic heterocycles. The van der Waals surface area contributed by atoms with Gasteiger partial charge in [0.05, 0.1) is 19.8 Å². The van der Waals surface area contributed by atoms with Gasteiger partial charge in [0.1, 0.15) is 73.2 Å². The van der Waals surface area contributed by atoms with Crippen LogP contribution in [0.3, 0.4) is 0 Å². The Hall–Kier alpha value is -0.640. The highest BCUT2D eigenvalue weighted by Crippen LogP contribution is 2.29. The lowest BCUT2D eigenvalue weighted by Crippen LogP contribution is -2.65. The molecule has 3 rings (SSSR count). The van der Waals surface area contributed by atoms with E-state index in [-0.39, 0.29) is 0 Å². The normalized spacial score (nSPS) is 52.5. The highest BCUT2D eigenvalue weighted by Gasteiger charge is 2.51. The second kappa shape index (κ2) is 11.6. The van der Waals surface area contributed by atoms with Gasteiger partial charge in [-0.05, 0) is 0 Å². The zero-order valence-electron chi connectivity index (χ0n) is 17.7. The summed E-state index contributed by atoms with van der Waals surface area (Å²) in [5.41, 5.74) is 0. The van der Waals surface area contributed by atoms with Crippen LogP contribution in [-0.2, 0) is 23.7 Å². The molecule has 34 heavy (non-hydrogen) atoms. The second-order valence-electron chi connectivity index (χ2n) is 8.37. The third-order valence-electron chi connectivity index (χ3n) is 6.07. The quantitative estimate of drug-likeness (QED) is 0.154. The largest absolute Gasteiger partial charge is 0.394 e. The van der Waals surface area contributed by atoms with E-state index in [9.17, 15) is 56.2 Å². The molecule has 0 aromatic heterocycles. The lowest BCUT2D eigenvalue weighted by molar-refractivity contribution is -0.361. The lowest BCUT2D eigenvalue weighted by Gasteiger charge is -2.45. The Labute approximate surface area is 192 Å². The number of aliphatic hydroxyl groups is 11. The van der Waals surface area contributed by atoms with Gasteiger partial charge >= 0.3 is 0 Å². The van der Waals surface area contributed by atoms with E-state index in [2.05, 4.69) is 0 Å². The van der Waals surface area contributed by atoms with Crippen molar-refractivity contribution in [1.29, 1.82) is 0 Å². The molecule has 16 heteroatoms. The van der Waals surface area contributed by atoms with Crippen molar-refractivity contribution in [1.82, 2.24) is 0 Å². The van der Waals surface area contributed by atoms with Crippen LogP contribution >= 0.6 is 0 Å². The Balaban J connectivity index is 1.65. The molecule has 16 nitrogen and oxygen atoms in total. The van der Waals surface area contributed by atoms with Crippen LogP contribution in [0.1, 0.15) is 0 Å². The molecule has 3 saturated heterocycles. The van der Waals surface area contributed by atoms with Gasteiger partial charge in [0.2, 0.25) is 0 Å². The van der Waals surface area contributed by atoms with Gasteiger partial charge < -0.3 is 79.9 Å². The molecular formula is C18H32O16. The van der Waals surface area contributed by atoms with Crippen LogP contribution in [0.25, 0.3) is 0 Å². The fraction of sp³-hybridized carbons (Fsp3) is 1.00. The van der Waals surface area contributed by atoms with E-state index in [0.29, 0.717) is 0 Å². The molecule has 0 amide bonds. The molecule has 3 heterocycles. The summed E-state index contributed by atoms with van der Waals surface area (Å²) < 4.78 is 26.1. The van der Waals surface area contributed by atoms with Crippen LogP contribution in [-0.4, -0.2) is 168 Å². The van der Waals surface area contributed by atoms with Crippen LogP contribution in [0.5, 0.6) is 0 Å². The Morgan fingerprint density at radius 3 is 1.53 bits per heavy atom. The molecule has 0 saturated carbocycles. The average Bonchev–Trinajstić information content (AvgIpc) is 2.82. The van der Waals surface area contributed by atoms with Gasteiger partial charge in [-0.25, -0.2) is 0 Å². The molecule has 0 aromatic carbocycles. The topological polar surface area (TPSA) is 269 Å². The summed E-state index contributed by atoms with van der Waals surface area (Å²) in [6.45, 7) is -2.06. The van der Waals surface area contributed by atoms with E-state index in [4.69, 9.17) is 23.7 Å². The van der Waals surface area contributed by atoms with Gasteiger partial charge in [0.25, 0.3) is 0 Å². The maximum Gasteiger partial charge on any atom is 0.187 e. The van der Waals surface area contributed by atoms with E-state index >= 15 is 0 Å². The Morgan fingerprint density at radius 2 is 1.00 bits per heavy atom. The van der Waals surface area contributed by atoms with E-state index < -0.39 is 112 Å². The summed E-state index contributed by atoms with van der Waals surface area (Å²) in [5.74, 6) is 0. The second-order valence-corrected chi connectivity index (χ2v) is 8.37. The van der Waals surface area contributed by atoms with Crippen LogP contribution in [0.15, 0.2) is 0 Å². The van der Waals surface area contributed by atoms with Crippen LogP contribution in [0.2, 0.25) is 0 Å². The van der Waals surface area contributed by atoms with Crippen molar-refractivity contribution >= 4 is 0 Å². The molecule has 0 spiro atoms. The van der Waals surface area contributed by atoms with E-state index in [1.165, 1.54) is 0 Å². The minimum absolute atomic E-state index is 0.609. The zero-order chi connectivity index (χ0) is 25.3. The van der Waals surface area contributed by atoms with Gasteiger partial charge in [-0.3, -0.25) is 0 Å². The van der Waals surface area contributed by atoms with Gasteiger partial charge in [0.15, 0.2) is 18.9 Å². The minimum atomic E-state index is -1.93. The van der Waals surface area contributed by atoms with Gasteiger partial charge in [0, 0.05) is 0 Å². The van der Waals surface area contributed by atoms with Crippen LogP contribution < -0.4 is 0 Å². The Kier molecular flexibility index (Phi) is 9.54. The Morgan fingerprint density at radius 1 is 0.500 bits per heavy atom. The third-order valence-corrected chi connectivity index (χ3v) is 6.07. The maximum atomic E-state index is 10.6. The molecule has 0 radical (unpaired) electrons. The molecule has 15 atom stereocenters. The van der Waals surface area contributed by atoms with Crippen molar-refractivity contribution in [2.45, 2.75) is 92.1 Å². The first-order chi connectivity index (χ1) is 16.0. The predicted octanol–water partition coefficient (Wildman–Crippen LogP) is -7.57. The highest BCUT2D eigenvalue weighted by molar-refractivity contribution is 4.94. The molecular weight excluding hydrogens is 472 g/mol. The molecule has 0 bridgehead atoms. The monoisotopic (exact) mass is 504 g/mol. The van der Waals surface area contributed by atoms with Crippen molar-refractivity contribution in [3.05, 3.63) is 0 Å². The summed E-state index contributed by atoms with van der Waals surface area (Å²) in [6.07, 6.45) is -24.9. The fourth-order valence-electron chi connectivity index (χ4n) is 3.94. The van der Waals surface area contributed by atoms with Gasteiger partial charge in [-0.1, -0.05) is 0 Å². The van der Waals surface area contributed by atoms with Gasteiger partial charge in [-0.15, -0.1) is 0 Å². The summed E-state index contributed by atoms with van der Waals surface area (Å²) in [7, 11) is 0. The molecule has 0 aromatic rings. The molecule has 3 aliphatic rings. The third kappa shape index (κ3) is 5.52. The molecule has 200 valence electrons.